The predicted octanol–water partition coefficient (Wildman–Crippen LogP) is 11.4. The fourth-order valence-corrected chi connectivity index (χ4v) is 18.3. The summed E-state index contributed by atoms with van der Waals surface area (Å²) in [7, 11) is -15.5. The first-order chi connectivity index (χ1) is 61.0. The number of carbonyl (C=O) groups is 5. The summed E-state index contributed by atoms with van der Waals surface area (Å²) < 4.78 is 118. The summed E-state index contributed by atoms with van der Waals surface area (Å²) in [5.41, 5.74) is -1.66. The maximum absolute atomic E-state index is 13.4. The Hall–Kier alpha value is -11.2. The van der Waals surface area contributed by atoms with Gasteiger partial charge in [-0.2, -0.15) is 0 Å². The molecule has 10 heterocycles. The molecule has 1 amide bonds. The summed E-state index contributed by atoms with van der Waals surface area (Å²) in [6.07, 6.45) is 5.67. The minimum Gasteiger partial charge on any atom is -0.538 e. The molecular formula is C81H101BrFN11O31P4Si2. The SMILES string of the molecule is CCOP(=O)(Cc1ccc2nc(C(=O)OC)c(O)c(=O)n2c1)OCC.CCOP(=O)(Cc1ccc2nc(C(=O)OC)c(O[Si](C)(C)C(C)(C)C)c(=O)n2c1)OCC.COC(=O)c1nc2ccc(CBr)cn2c(=O)c1O[Si](C)(C)C(C)(C)C.COC(=O)c1nc2ccc(CP(=O)(O)O)cn2c(=O)c1O.O=C(NCc1ccc(F)cc1)c1nc2ccc(CP(=O)(O)O)cn2c(=O)c1O. The Labute approximate surface area is 757 Å². The molecule has 10 aromatic heterocycles. The molecule has 11 rings (SSSR count). The van der Waals surface area contributed by atoms with Gasteiger partial charge in [0.15, 0.2) is 28.5 Å². The van der Waals surface area contributed by atoms with E-state index in [4.69, 9.17) is 56.0 Å². The zero-order chi connectivity index (χ0) is 98.2. The predicted molar refractivity (Wildman–Crippen MR) is 484 cm³/mol. The number of fused-ring (bicyclic) bond motifs is 5. The second-order valence-electron chi connectivity index (χ2n) is 31.3. The van der Waals surface area contributed by atoms with Gasteiger partial charge in [0, 0.05) is 42.9 Å². The molecule has 0 unspecified atom stereocenters. The molecule has 1 aromatic carbocycles. The Bertz CT molecular complexity index is 6650. The molecule has 0 aliphatic rings. The summed E-state index contributed by atoms with van der Waals surface area (Å²) in [5.74, 6) is -7.34. The van der Waals surface area contributed by atoms with Crippen LogP contribution in [0.1, 0.15) is 155 Å². The molecule has 131 heavy (non-hydrogen) atoms. The molecule has 0 atom stereocenters. The van der Waals surface area contributed by atoms with E-state index in [0.29, 0.717) is 27.7 Å². The second-order valence-corrected chi connectivity index (χ2v) is 48.8. The number of pyridine rings is 5. The molecule has 0 aliphatic carbocycles. The van der Waals surface area contributed by atoms with Crippen LogP contribution < -0.4 is 42.0 Å². The third-order valence-electron chi connectivity index (χ3n) is 19.7. The van der Waals surface area contributed by atoms with Gasteiger partial charge < -0.3 is 86.1 Å². The molecule has 0 radical (unpaired) electrons. The fraction of sp³-hybridized carbons (Fsp3) is 0.370. The number of nitrogens with one attached hydrogen (secondary N) is 1. The van der Waals surface area contributed by atoms with Crippen LogP contribution in [0.25, 0.3) is 28.2 Å². The molecule has 42 nitrogen and oxygen atoms in total. The van der Waals surface area contributed by atoms with Crippen LogP contribution >= 0.6 is 46.3 Å². The average Bonchev–Trinajstić information content (AvgIpc) is 0.750. The van der Waals surface area contributed by atoms with Gasteiger partial charge in [0.05, 0.1) is 79.5 Å². The number of hydrogen-bond acceptors (Lipinski definition) is 32. The van der Waals surface area contributed by atoms with E-state index < -0.39 is 157 Å². The summed E-state index contributed by atoms with van der Waals surface area (Å²) in [5, 5.41) is 32.4. The van der Waals surface area contributed by atoms with Crippen LogP contribution in [-0.4, -0.2) is 183 Å². The van der Waals surface area contributed by atoms with Crippen LogP contribution in [0.15, 0.2) is 140 Å². The maximum Gasteiger partial charge on any atom is 0.360 e. The minimum absolute atomic E-state index is 0.00572. The van der Waals surface area contributed by atoms with Crippen molar-refractivity contribution in [2.24, 2.45) is 0 Å². The van der Waals surface area contributed by atoms with E-state index in [-0.39, 0.29) is 112 Å². The zero-order valence-corrected chi connectivity index (χ0v) is 81.6. The number of hydrogen-bond donors (Lipinski definition) is 8. The Balaban J connectivity index is 0.000000225. The second kappa shape index (κ2) is 44.4. The first-order valence-corrected chi connectivity index (χ1v) is 53.5. The normalized spacial score (nSPS) is 12.0. The number of halogens is 2. The molecule has 50 heteroatoms. The molecule has 8 N–H and O–H groups in total. The van der Waals surface area contributed by atoms with Gasteiger partial charge in [-0.15, -0.1) is 0 Å². The van der Waals surface area contributed by atoms with Crippen molar-refractivity contribution in [2.75, 3.05) is 54.9 Å². The zero-order valence-electron chi connectivity index (χ0n) is 74.5. The fourth-order valence-electron chi connectivity index (χ4n) is 11.2. The quantitative estimate of drug-likeness (QED) is 0.00742. The molecule has 0 bridgehead atoms. The topological polar surface area (TPSA) is 571 Å². The van der Waals surface area contributed by atoms with E-state index in [1.807, 2.05) is 53.0 Å². The van der Waals surface area contributed by atoms with Gasteiger partial charge in [-0.3, -0.25) is 69.0 Å². The lowest BCUT2D eigenvalue weighted by Gasteiger charge is -2.36. The van der Waals surface area contributed by atoms with Gasteiger partial charge in [0.1, 0.15) is 34.1 Å². The van der Waals surface area contributed by atoms with Gasteiger partial charge in [-0.1, -0.05) is 99.9 Å². The van der Waals surface area contributed by atoms with Crippen LogP contribution in [0, 0.1) is 5.82 Å². The van der Waals surface area contributed by atoms with Gasteiger partial charge in [0.25, 0.3) is 33.7 Å². The smallest absolute Gasteiger partial charge is 0.360 e. The summed E-state index contributed by atoms with van der Waals surface area (Å²) >= 11 is 3.38. The van der Waals surface area contributed by atoms with E-state index in [0.717, 1.165) is 45.4 Å². The van der Waals surface area contributed by atoms with Crippen molar-refractivity contribution in [3.8, 4) is 28.7 Å². The average molecular weight is 2000 g/mol. The molecule has 0 spiro atoms. The molecular weight excluding hydrogens is 1900 g/mol. The third kappa shape index (κ3) is 27.5. The highest BCUT2D eigenvalue weighted by Crippen LogP contribution is 2.52. The molecule has 708 valence electrons. The Morgan fingerprint density at radius 3 is 0.931 bits per heavy atom. The number of benzene rings is 1. The van der Waals surface area contributed by atoms with Crippen LogP contribution in [0.3, 0.4) is 0 Å². The number of nitrogens with zero attached hydrogens (tertiary/aromatic N) is 10. The lowest BCUT2D eigenvalue weighted by atomic mass is 10.2. The maximum atomic E-state index is 13.4. The number of ether oxygens (including phenoxy) is 4. The van der Waals surface area contributed by atoms with Gasteiger partial charge in [-0.25, -0.2) is 48.5 Å². The first-order valence-electron chi connectivity index (χ1n) is 39.5. The number of methoxy groups -OCH3 is 4. The van der Waals surface area contributed by atoms with Crippen molar-refractivity contribution < 1.29 is 127 Å². The number of esters is 4. The van der Waals surface area contributed by atoms with Crippen LogP contribution in [0.4, 0.5) is 4.39 Å². The molecule has 0 fully saturated rings. The van der Waals surface area contributed by atoms with Crippen LogP contribution in [-0.2, 0) is 91.8 Å². The van der Waals surface area contributed by atoms with Gasteiger partial charge in [-0.05, 0) is 140 Å². The number of alkyl halides is 1. The highest BCUT2D eigenvalue weighted by molar-refractivity contribution is 9.08. The van der Waals surface area contributed by atoms with E-state index in [1.54, 1.807) is 58.2 Å². The van der Waals surface area contributed by atoms with Crippen molar-refractivity contribution in [2.45, 2.75) is 142 Å². The first kappa shape index (κ1) is 107. The van der Waals surface area contributed by atoms with Crippen molar-refractivity contribution in [3.05, 3.63) is 235 Å². The minimum atomic E-state index is -4.35. The molecule has 11 aromatic rings. The standard InChI is InChI=1S/C21H33N2O7PSi.C17H23BrN2O4Si.C17H15FN3O6P.C15H19N2O7P.C11H11N2O7P/c1-9-28-31(26,29-10-2)14-15-11-12-16-22-17(20(25)27-6)18(19(24)23(16)13-15)30-32(7,8)21(3,4)5;1-17(2,3)25(5,6)24-14-13(16(22)23-4)19-12-8-7-11(9-18)10-20(12)15(14)21;18-12-4-1-10(2-5-12)7-19-16(23)14-15(22)17(24)21-8-11(9-28(25,26)27)3-6-13(21)20-14;1-4-23-25(21,24-5-2)9-10-6-7-11-16-12(15(20)22-3)13(18)14(19)17(11)8-10;1-20-11(16)8-9(14)10(15)13-4-6(5-21(17,18)19)2-3-7(13)12-8/h11-13H,9-10,14H2,1-8H3;7-8,10H,9H2,1-6H3;1-6,8,22H,7,9H2,(H,19,23)(H2,25,26,27);6-8,18H,4-5,9H2,1-3H3;2-4,14H,5H2,1H3,(H2,17,18,19). The molecule has 0 aliphatic heterocycles. The number of aromatic nitrogens is 10. The monoisotopic (exact) mass is 2000 g/mol. The van der Waals surface area contributed by atoms with E-state index in [2.05, 4.69) is 76.4 Å². The lowest BCUT2D eigenvalue weighted by Crippen LogP contribution is -2.46. The molecule has 0 saturated carbocycles. The summed E-state index contributed by atoms with van der Waals surface area (Å²) in [6.45, 7) is 28.0. The lowest BCUT2D eigenvalue weighted by molar-refractivity contribution is 0.0581. The number of amides is 1. The third-order valence-corrected chi connectivity index (χ3v) is 34.6. The number of rotatable bonds is 28. The van der Waals surface area contributed by atoms with Crippen LogP contribution in [0.2, 0.25) is 36.3 Å². The highest BCUT2D eigenvalue weighted by Gasteiger charge is 2.43. The Kier molecular flexibility index (Phi) is 36.2. The van der Waals surface area contributed by atoms with E-state index in [9.17, 15) is 85.9 Å². The van der Waals surface area contributed by atoms with Gasteiger partial charge in [0.2, 0.25) is 28.7 Å². The van der Waals surface area contributed by atoms with Gasteiger partial charge >= 0.3 is 70.9 Å². The highest BCUT2D eigenvalue weighted by atomic mass is 79.9. The van der Waals surface area contributed by atoms with Crippen molar-refractivity contribution in [1.82, 2.24) is 52.2 Å². The van der Waals surface area contributed by atoms with Crippen LogP contribution in [0.5, 0.6) is 28.7 Å². The largest absolute Gasteiger partial charge is 0.538 e. The number of aromatic hydroxyl groups is 3. The van der Waals surface area contributed by atoms with E-state index in [1.165, 1.54) is 90.0 Å². The van der Waals surface area contributed by atoms with Crippen molar-refractivity contribution in [1.29, 1.82) is 0 Å². The number of carbonyl (C=O) groups excluding carboxylic acids is 5. The van der Waals surface area contributed by atoms with Crippen molar-refractivity contribution >= 4 is 121 Å². The Morgan fingerprint density at radius 1 is 0.397 bits per heavy atom. The Morgan fingerprint density at radius 2 is 0.649 bits per heavy atom. The van der Waals surface area contributed by atoms with E-state index >= 15 is 0 Å². The summed E-state index contributed by atoms with van der Waals surface area (Å²) in [6, 6.07) is 20.6. The van der Waals surface area contributed by atoms with Crippen molar-refractivity contribution in [3.63, 3.8) is 0 Å². The summed E-state index contributed by atoms with van der Waals surface area (Å²) in [4.78, 5) is 179. The molecule has 0 saturated heterocycles.